The Hall–Kier alpha value is -3.35. The Morgan fingerprint density at radius 2 is 2.18 bits per heavy atom. The second kappa shape index (κ2) is 7.34. The number of fused-ring (bicyclic) bond motifs is 1. The zero-order chi connectivity index (χ0) is 19.7. The van der Waals surface area contributed by atoms with Crippen LogP contribution in [0.5, 0.6) is 5.75 Å². The Morgan fingerprint density at radius 1 is 1.32 bits per heavy atom. The zero-order valence-corrected chi connectivity index (χ0v) is 15.3. The molecule has 7 heteroatoms. The average Bonchev–Trinajstić information content (AvgIpc) is 3.12. The van der Waals surface area contributed by atoms with Gasteiger partial charge in [-0.2, -0.15) is 0 Å². The molecule has 1 amide bonds. The van der Waals surface area contributed by atoms with E-state index in [0.717, 1.165) is 35.1 Å². The standard InChI is InChI=1S/C21H20FN3O3/c1-28-19-7-4-13(22)10-16(19)15-8-9-23-20-17(15)11-18(25-20)12-2-5-14(6-3-12)24-21(26)27/h2,4,7-11,14,24H,3,5-6H2,1H3,(H,23,25)(H,26,27). The molecule has 2 heterocycles. The number of carboxylic acid groups (broad SMARTS) is 1. The number of nitrogens with one attached hydrogen (secondary N) is 2. The maximum atomic E-state index is 13.9. The highest BCUT2D eigenvalue weighted by molar-refractivity contribution is 5.96. The van der Waals surface area contributed by atoms with Crippen LogP contribution in [0.3, 0.4) is 0 Å². The monoisotopic (exact) mass is 381 g/mol. The minimum absolute atomic E-state index is 0.0594. The zero-order valence-electron chi connectivity index (χ0n) is 15.3. The van der Waals surface area contributed by atoms with Gasteiger partial charge in [0.2, 0.25) is 0 Å². The fourth-order valence-corrected chi connectivity index (χ4v) is 3.71. The molecule has 28 heavy (non-hydrogen) atoms. The van der Waals surface area contributed by atoms with Crippen molar-refractivity contribution in [3.63, 3.8) is 0 Å². The molecule has 1 aromatic carbocycles. The van der Waals surface area contributed by atoms with E-state index in [-0.39, 0.29) is 11.9 Å². The topological polar surface area (TPSA) is 87.2 Å². The molecule has 0 aliphatic heterocycles. The van der Waals surface area contributed by atoms with E-state index in [9.17, 15) is 9.18 Å². The predicted molar refractivity (Wildman–Crippen MR) is 105 cm³/mol. The number of H-pyrrole nitrogens is 1. The van der Waals surface area contributed by atoms with Gasteiger partial charge in [-0.3, -0.25) is 0 Å². The van der Waals surface area contributed by atoms with Gasteiger partial charge in [0.15, 0.2) is 0 Å². The summed E-state index contributed by atoms with van der Waals surface area (Å²) in [5, 5.41) is 12.3. The van der Waals surface area contributed by atoms with Crippen molar-refractivity contribution in [3.8, 4) is 16.9 Å². The van der Waals surface area contributed by atoms with Crippen LogP contribution >= 0.6 is 0 Å². The summed E-state index contributed by atoms with van der Waals surface area (Å²) in [6, 6.07) is 8.25. The number of ether oxygens (including phenoxy) is 1. The van der Waals surface area contributed by atoms with Gasteiger partial charge in [-0.15, -0.1) is 0 Å². The molecule has 0 saturated heterocycles. The van der Waals surface area contributed by atoms with Crippen molar-refractivity contribution < 1.29 is 19.0 Å². The van der Waals surface area contributed by atoms with Crippen molar-refractivity contribution in [1.29, 1.82) is 0 Å². The smallest absolute Gasteiger partial charge is 0.404 e. The summed E-state index contributed by atoms with van der Waals surface area (Å²) >= 11 is 0. The lowest BCUT2D eigenvalue weighted by molar-refractivity contribution is 0.189. The van der Waals surface area contributed by atoms with Gasteiger partial charge in [-0.05, 0) is 60.7 Å². The molecular weight excluding hydrogens is 361 g/mol. The highest BCUT2D eigenvalue weighted by Gasteiger charge is 2.19. The van der Waals surface area contributed by atoms with Crippen LogP contribution in [0.1, 0.15) is 25.0 Å². The number of methoxy groups -OCH3 is 1. The van der Waals surface area contributed by atoms with Crippen LogP contribution in [0.4, 0.5) is 9.18 Å². The van der Waals surface area contributed by atoms with E-state index in [2.05, 4.69) is 21.4 Å². The molecule has 1 aliphatic carbocycles. The molecule has 3 aromatic rings. The van der Waals surface area contributed by atoms with E-state index < -0.39 is 6.09 Å². The number of aromatic nitrogens is 2. The summed E-state index contributed by atoms with van der Waals surface area (Å²) in [4.78, 5) is 18.5. The summed E-state index contributed by atoms with van der Waals surface area (Å²) in [5.74, 6) is 0.264. The number of halogens is 1. The Morgan fingerprint density at radius 3 is 2.89 bits per heavy atom. The van der Waals surface area contributed by atoms with Gasteiger partial charge in [-0.1, -0.05) is 6.08 Å². The lowest BCUT2D eigenvalue weighted by atomic mass is 9.93. The van der Waals surface area contributed by atoms with Gasteiger partial charge in [0, 0.05) is 28.9 Å². The summed E-state index contributed by atoms with van der Waals surface area (Å²) in [5.41, 5.74) is 4.29. The van der Waals surface area contributed by atoms with Crippen molar-refractivity contribution in [2.45, 2.75) is 25.3 Å². The molecule has 4 rings (SSSR count). The van der Waals surface area contributed by atoms with Crippen LogP contribution in [-0.4, -0.2) is 34.3 Å². The predicted octanol–water partition coefficient (Wildman–Crippen LogP) is 4.58. The van der Waals surface area contributed by atoms with Crippen molar-refractivity contribution in [2.24, 2.45) is 0 Å². The van der Waals surface area contributed by atoms with Crippen LogP contribution in [-0.2, 0) is 0 Å². The lowest BCUT2D eigenvalue weighted by Gasteiger charge is -2.21. The van der Waals surface area contributed by atoms with Gasteiger partial charge in [-0.25, -0.2) is 14.2 Å². The first-order chi connectivity index (χ1) is 13.5. The van der Waals surface area contributed by atoms with Crippen LogP contribution in [0.15, 0.2) is 42.6 Å². The van der Waals surface area contributed by atoms with E-state index in [1.165, 1.54) is 12.1 Å². The second-order valence-electron chi connectivity index (χ2n) is 6.80. The summed E-state index contributed by atoms with van der Waals surface area (Å²) < 4.78 is 19.3. The Balaban J connectivity index is 1.72. The maximum absolute atomic E-state index is 13.9. The van der Waals surface area contributed by atoms with Crippen LogP contribution in [0.25, 0.3) is 27.7 Å². The molecule has 6 nitrogen and oxygen atoms in total. The van der Waals surface area contributed by atoms with Crippen LogP contribution < -0.4 is 10.1 Å². The number of hydrogen-bond acceptors (Lipinski definition) is 3. The number of allylic oxidation sites excluding steroid dienone is 1. The summed E-state index contributed by atoms with van der Waals surface area (Å²) in [6.45, 7) is 0. The van der Waals surface area contributed by atoms with E-state index in [1.807, 2.05) is 12.1 Å². The van der Waals surface area contributed by atoms with Crippen molar-refractivity contribution in [3.05, 3.63) is 54.1 Å². The maximum Gasteiger partial charge on any atom is 0.404 e. The lowest BCUT2D eigenvalue weighted by Crippen LogP contribution is -2.34. The molecule has 2 aromatic heterocycles. The van der Waals surface area contributed by atoms with E-state index >= 15 is 0 Å². The summed E-state index contributed by atoms with van der Waals surface area (Å²) in [7, 11) is 1.56. The van der Waals surface area contributed by atoms with Gasteiger partial charge < -0.3 is 20.1 Å². The number of amides is 1. The molecule has 1 aliphatic rings. The molecule has 0 saturated carbocycles. The molecular formula is C21H20FN3O3. The first-order valence-electron chi connectivity index (χ1n) is 9.05. The third kappa shape index (κ3) is 3.43. The SMILES string of the molecule is COc1ccc(F)cc1-c1ccnc2[nH]c(C3=CCC(NC(=O)O)CC3)cc12. The van der Waals surface area contributed by atoms with Gasteiger partial charge in [0.1, 0.15) is 17.2 Å². The van der Waals surface area contributed by atoms with Crippen LogP contribution in [0, 0.1) is 5.82 Å². The van der Waals surface area contributed by atoms with Gasteiger partial charge in [0.25, 0.3) is 0 Å². The quantitative estimate of drug-likeness (QED) is 0.617. The molecule has 3 N–H and O–H groups in total. The molecule has 1 unspecified atom stereocenters. The fraction of sp³-hybridized carbons (Fsp3) is 0.238. The Bertz CT molecular complexity index is 1070. The molecule has 0 spiro atoms. The average molecular weight is 381 g/mol. The number of pyridine rings is 1. The minimum Gasteiger partial charge on any atom is -0.496 e. The highest BCUT2D eigenvalue weighted by atomic mass is 19.1. The highest BCUT2D eigenvalue weighted by Crippen LogP contribution is 2.37. The first kappa shape index (κ1) is 18.0. The van der Waals surface area contributed by atoms with Crippen molar-refractivity contribution >= 4 is 22.7 Å². The number of benzene rings is 1. The minimum atomic E-state index is -0.995. The Kier molecular flexibility index (Phi) is 4.73. The van der Waals surface area contributed by atoms with Crippen molar-refractivity contribution in [2.75, 3.05) is 7.11 Å². The van der Waals surface area contributed by atoms with Crippen molar-refractivity contribution in [1.82, 2.24) is 15.3 Å². The van der Waals surface area contributed by atoms with E-state index in [0.29, 0.717) is 23.4 Å². The molecule has 0 radical (unpaired) electrons. The second-order valence-corrected chi connectivity index (χ2v) is 6.80. The third-order valence-electron chi connectivity index (χ3n) is 5.07. The molecule has 144 valence electrons. The first-order valence-corrected chi connectivity index (χ1v) is 9.05. The summed E-state index contributed by atoms with van der Waals surface area (Å²) in [6.07, 6.45) is 4.89. The molecule has 0 fully saturated rings. The van der Waals surface area contributed by atoms with Gasteiger partial charge in [0.05, 0.1) is 7.11 Å². The normalized spacial score (nSPS) is 16.6. The number of hydrogen-bond donors (Lipinski definition) is 3. The Labute approximate surface area is 161 Å². The van der Waals surface area contributed by atoms with E-state index in [4.69, 9.17) is 9.84 Å². The number of carbonyl (C=O) groups is 1. The van der Waals surface area contributed by atoms with Gasteiger partial charge >= 0.3 is 6.09 Å². The number of aromatic amines is 1. The number of nitrogens with zero attached hydrogens (tertiary/aromatic N) is 1. The molecule has 1 atom stereocenters. The number of rotatable bonds is 4. The fourth-order valence-electron chi connectivity index (χ4n) is 3.71. The van der Waals surface area contributed by atoms with Crippen LogP contribution in [0.2, 0.25) is 0 Å². The third-order valence-corrected chi connectivity index (χ3v) is 5.07. The van der Waals surface area contributed by atoms with E-state index in [1.54, 1.807) is 19.4 Å². The largest absolute Gasteiger partial charge is 0.496 e. The molecule has 0 bridgehead atoms.